The smallest absolute Gasteiger partial charge is 0.448 e. The lowest BCUT2D eigenvalue weighted by atomic mass is 9.80. The molecule has 33 heavy (non-hydrogen) atoms. The van der Waals surface area contributed by atoms with Crippen LogP contribution in [0.1, 0.15) is 57.3 Å². The van der Waals surface area contributed by atoms with E-state index in [-0.39, 0.29) is 24.7 Å². The molecule has 1 heterocycles. The average Bonchev–Trinajstić information content (AvgIpc) is 2.75. The summed E-state index contributed by atoms with van der Waals surface area (Å²) in [6, 6.07) is 1.18. The minimum atomic E-state index is -6.30. The maximum absolute atomic E-state index is 14.2. The van der Waals surface area contributed by atoms with Crippen LogP contribution in [0.5, 0.6) is 5.75 Å². The van der Waals surface area contributed by atoms with Gasteiger partial charge in [0.15, 0.2) is 23.7 Å². The second kappa shape index (κ2) is 10.3. The Balaban J connectivity index is 1.55. The van der Waals surface area contributed by atoms with Gasteiger partial charge in [0.25, 0.3) is 0 Å². The Labute approximate surface area is 186 Å². The van der Waals surface area contributed by atoms with E-state index < -0.39 is 42.1 Å². The molecule has 1 aliphatic heterocycles. The van der Waals surface area contributed by atoms with Gasteiger partial charge in [0.2, 0.25) is 0 Å². The van der Waals surface area contributed by atoms with Gasteiger partial charge in [-0.3, -0.25) is 0 Å². The molecule has 1 saturated carbocycles. The fourth-order valence-corrected chi connectivity index (χ4v) is 4.13. The molecule has 1 atom stereocenters. The van der Waals surface area contributed by atoms with E-state index in [1.807, 2.05) is 0 Å². The summed E-state index contributed by atoms with van der Waals surface area (Å²) in [7, 11) is 0. The first-order valence-electron chi connectivity index (χ1n) is 10.9. The molecule has 2 fully saturated rings. The monoisotopic (exact) mass is 490 g/mol. The molecule has 3 nitrogen and oxygen atoms in total. The summed E-state index contributed by atoms with van der Waals surface area (Å²) >= 11 is 0. The Morgan fingerprint density at radius 3 is 1.94 bits per heavy atom. The van der Waals surface area contributed by atoms with Crippen LogP contribution in [-0.4, -0.2) is 31.7 Å². The molecule has 1 aromatic carbocycles. The molecule has 1 saturated heterocycles. The molecule has 0 N–H and O–H groups in total. The van der Waals surface area contributed by atoms with Crippen molar-refractivity contribution in [2.45, 2.75) is 70.2 Å². The van der Waals surface area contributed by atoms with E-state index in [1.54, 1.807) is 0 Å². The SMILES string of the molecule is CC1CCC(CCC2COC(c3cc(F)c(OC(F)C(F)(F)C(F)(F)F)c(F)c3)OC2)CC1. The zero-order chi connectivity index (χ0) is 24.4. The lowest BCUT2D eigenvalue weighted by molar-refractivity contribution is -0.328. The zero-order valence-corrected chi connectivity index (χ0v) is 17.9. The van der Waals surface area contributed by atoms with Crippen molar-refractivity contribution in [1.82, 2.24) is 0 Å². The summed E-state index contributed by atoms with van der Waals surface area (Å²) in [4.78, 5) is 0. The number of alkyl halides is 6. The molecule has 1 aromatic rings. The summed E-state index contributed by atoms with van der Waals surface area (Å²) in [6.45, 7) is 2.80. The molecule has 2 aliphatic rings. The fourth-order valence-electron chi connectivity index (χ4n) is 4.13. The standard InChI is InChI=1S/C22H26F8O3/c1-12-2-4-13(5-3-12)6-7-14-10-31-19(32-11-14)15-8-16(23)18(17(24)9-15)33-20(25)21(26,27)22(28,29)30/h8-9,12-14,19-20H,2-7,10-11H2,1H3. The summed E-state index contributed by atoms with van der Waals surface area (Å²) in [5.74, 6) is -9.43. The maximum atomic E-state index is 14.2. The van der Waals surface area contributed by atoms with Crippen molar-refractivity contribution in [2.75, 3.05) is 13.2 Å². The van der Waals surface area contributed by atoms with E-state index in [2.05, 4.69) is 11.7 Å². The Morgan fingerprint density at radius 1 is 0.909 bits per heavy atom. The first-order valence-corrected chi connectivity index (χ1v) is 10.9. The molecule has 188 valence electrons. The molecule has 0 amide bonds. The van der Waals surface area contributed by atoms with Gasteiger partial charge >= 0.3 is 18.5 Å². The van der Waals surface area contributed by atoms with E-state index in [0.717, 1.165) is 18.8 Å². The van der Waals surface area contributed by atoms with Crippen LogP contribution in [0, 0.1) is 29.4 Å². The van der Waals surface area contributed by atoms with Gasteiger partial charge < -0.3 is 14.2 Å². The number of ether oxygens (including phenoxy) is 3. The van der Waals surface area contributed by atoms with Crippen LogP contribution in [0.3, 0.4) is 0 Å². The minimum Gasteiger partial charge on any atom is -0.448 e. The second-order valence-electron chi connectivity index (χ2n) is 8.94. The highest BCUT2D eigenvalue weighted by atomic mass is 19.4. The lowest BCUT2D eigenvalue weighted by Gasteiger charge is -2.32. The molecule has 1 unspecified atom stereocenters. The maximum Gasteiger partial charge on any atom is 0.460 e. The zero-order valence-electron chi connectivity index (χ0n) is 17.9. The van der Waals surface area contributed by atoms with Crippen LogP contribution >= 0.6 is 0 Å². The predicted octanol–water partition coefficient (Wildman–Crippen LogP) is 7.10. The van der Waals surface area contributed by atoms with Gasteiger partial charge in [-0.15, -0.1) is 0 Å². The molecule has 3 rings (SSSR count). The quantitative estimate of drug-likeness (QED) is 0.382. The van der Waals surface area contributed by atoms with E-state index >= 15 is 0 Å². The van der Waals surface area contributed by atoms with Gasteiger partial charge in [0.05, 0.1) is 13.2 Å². The van der Waals surface area contributed by atoms with Crippen LogP contribution in [0.4, 0.5) is 35.1 Å². The predicted molar refractivity (Wildman–Crippen MR) is 101 cm³/mol. The van der Waals surface area contributed by atoms with Crippen molar-refractivity contribution in [3.8, 4) is 5.75 Å². The third kappa shape index (κ3) is 6.29. The summed E-state index contributed by atoms with van der Waals surface area (Å²) in [5.41, 5.74) is -0.171. The molecule has 0 bridgehead atoms. The van der Waals surface area contributed by atoms with Crippen LogP contribution in [0.2, 0.25) is 0 Å². The van der Waals surface area contributed by atoms with Crippen molar-refractivity contribution in [3.63, 3.8) is 0 Å². The highest BCUT2D eigenvalue weighted by Gasteiger charge is 2.65. The Bertz CT molecular complexity index is 761. The molecule has 0 spiro atoms. The van der Waals surface area contributed by atoms with Crippen LogP contribution in [0.25, 0.3) is 0 Å². The number of hydrogen-bond donors (Lipinski definition) is 0. The van der Waals surface area contributed by atoms with Gasteiger partial charge in [0, 0.05) is 11.5 Å². The molecular weight excluding hydrogens is 464 g/mol. The summed E-state index contributed by atoms with van der Waals surface area (Å²) in [6.07, 6.45) is -5.04. The summed E-state index contributed by atoms with van der Waals surface area (Å²) < 4.78 is 119. The molecule has 0 radical (unpaired) electrons. The third-order valence-electron chi connectivity index (χ3n) is 6.26. The van der Waals surface area contributed by atoms with E-state index in [1.165, 1.54) is 25.7 Å². The van der Waals surface area contributed by atoms with Gasteiger partial charge in [0.1, 0.15) is 0 Å². The first-order chi connectivity index (χ1) is 15.4. The topological polar surface area (TPSA) is 27.7 Å². The van der Waals surface area contributed by atoms with Gasteiger partial charge in [-0.1, -0.05) is 39.0 Å². The van der Waals surface area contributed by atoms with E-state index in [0.29, 0.717) is 18.1 Å². The highest BCUT2D eigenvalue weighted by Crippen LogP contribution is 2.41. The first kappa shape index (κ1) is 26.0. The van der Waals surface area contributed by atoms with Crippen molar-refractivity contribution in [3.05, 3.63) is 29.3 Å². The van der Waals surface area contributed by atoms with E-state index in [4.69, 9.17) is 9.47 Å². The summed E-state index contributed by atoms with van der Waals surface area (Å²) in [5, 5.41) is 0. The number of benzene rings is 1. The molecule has 11 heteroatoms. The molecular formula is C22H26F8O3. The van der Waals surface area contributed by atoms with Gasteiger partial charge in [-0.25, -0.2) is 8.78 Å². The van der Waals surface area contributed by atoms with Crippen LogP contribution in [-0.2, 0) is 9.47 Å². The van der Waals surface area contributed by atoms with Crippen LogP contribution < -0.4 is 4.74 Å². The number of rotatable bonds is 7. The third-order valence-corrected chi connectivity index (χ3v) is 6.26. The number of halogens is 8. The minimum absolute atomic E-state index is 0.106. The lowest BCUT2D eigenvalue weighted by Crippen LogP contribution is -2.47. The van der Waals surface area contributed by atoms with Crippen molar-refractivity contribution >= 4 is 0 Å². The highest BCUT2D eigenvalue weighted by molar-refractivity contribution is 5.32. The van der Waals surface area contributed by atoms with Crippen molar-refractivity contribution in [2.24, 2.45) is 17.8 Å². The average molecular weight is 490 g/mol. The Kier molecular flexibility index (Phi) is 8.14. The largest absolute Gasteiger partial charge is 0.460 e. The fraction of sp³-hybridized carbons (Fsp3) is 0.727. The number of hydrogen-bond acceptors (Lipinski definition) is 3. The van der Waals surface area contributed by atoms with Gasteiger partial charge in [-0.2, -0.15) is 26.3 Å². The van der Waals surface area contributed by atoms with Crippen molar-refractivity contribution < 1.29 is 49.3 Å². The second-order valence-corrected chi connectivity index (χ2v) is 8.94. The van der Waals surface area contributed by atoms with E-state index in [9.17, 15) is 35.1 Å². The van der Waals surface area contributed by atoms with Gasteiger partial charge in [-0.05, 0) is 30.4 Å². The van der Waals surface area contributed by atoms with Crippen LogP contribution in [0.15, 0.2) is 12.1 Å². The molecule has 0 aromatic heterocycles. The Morgan fingerprint density at radius 2 is 1.42 bits per heavy atom. The Hall–Kier alpha value is -1.62. The normalized spacial score (nSPS) is 27.9. The van der Waals surface area contributed by atoms with Crippen molar-refractivity contribution in [1.29, 1.82) is 0 Å². The molecule has 1 aliphatic carbocycles.